The van der Waals surface area contributed by atoms with E-state index in [0.29, 0.717) is 5.82 Å². The minimum atomic E-state index is -0.673. The van der Waals surface area contributed by atoms with Crippen LogP contribution in [0.5, 0.6) is 0 Å². The van der Waals surface area contributed by atoms with E-state index in [9.17, 15) is 4.79 Å². The summed E-state index contributed by atoms with van der Waals surface area (Å²) < 4.78 is 0. The number of pyridine rings is 1. The Morgan fingerprint density at radius 1 is 1.00 bits per heavy atom. The summed E-state index contributed by atoms with van der Waals surface area (Å²) in [7, 11) is 0. The van der Waals surface area contributed by atoms with Crippen molar-refractivity contribution in [1.82, 2.24) is 4.98 Å². The standard InChI is InChI=1S/C15H10N2O/c18-14-15(12-6-3-7-16-13(12)17-14)8-10-4-1-2-5-11(10)9-15/h1-9H,(H,16,17,18). The van der Waals surface area contributed by atoms with E-state index < -0.39 is 5.41 Å². The van der Waals surface area contributed by atoms with Crippen molar-refractivity contribution in [3.8, 4) is 0 Å². The summed E-state index contributed by atoms with van der Waals surface area (Å²) in [6.45, 7) is 0. The number of aromatic nitrogens is 1. The van der Waals surface area contributed by atoms with Crippen LogP contribution in [0.15, 0.2) is 42.6 Å². The van der Waals surface area contributed by atoms with Gasteiger partial charge in [0, 0.05) is 11.8 Å². The zero-order valence-corrected chi connectivity index (χ0v) is 9.55. The van der Waals surface area contributed by atoms with Crippen LogP contribution >= 0.6 is 0 Å². The molecule has 0 fully saturated rings. The molecular weight excluding hydrogens is 224 g/mol. The summed E-state index contributed by atoms with van der Waals surface area (Å²) in [6, 6.07) is 11.9. The van der Waals surface area contributed by atoms with E-state index in [1.165, 1.54) is 0 Å². The zero-order valence-electron chi connectivity index (χ0n) is 9.55. The van der Waals surface area contributed by atoms with E-state index in [0.717, 1.165) is 16.0 Å². The van der Waals surface area contributed by atoms with Crippen LogP contribution in [0.4, 0.5) is 5.82 Å². The third-order valence-electron chi connectivity index (χ3n) is 3.62. The van der Waals surface area contributed by atoms with Crippen molar-refractivity contribution in [2.45, 2.75) is 5.41 Å². The monoisotopic (exact) mass is 234 g/mol. The largest absolute Gasteiger partial charge is 0.309 e. The van der Waals surface area contributed by atoms with Gasteiger partial charge in [0.05, 0.1) is 0 Å². The highest BCUT2D eigenvalue weighted by Crippen LogP contribution is 2.39. The molecule has 4 rings (SSSR count). The molecule has 18 heavy (non-hydrogen) atoms. The van der Waals surface area contributed by atoms with Gasteiger partial charge in [-0.05, 0) is 16.5 Å². The third-order valence-corrected chi connectivity index (χ3v) is 3.62. The van der Waals surface area contributed by atoms with Crippen molar-refractivity contribution in [3.63, 3.8) is 0 Å². The van der Waals surface area contributed by atoms with Crippen molar-refractivity contribution in [3.05, 3.63) is 58.6 Å². The number of hydrogen-bond acceptors (Lipinski definition) is 2. The Morgan fingerprint density at radius 2 is 1.72 bits per heavy atom. The molecule has 1 aromatic carbocycles. The number of carbonyl (C=O) groups is 1. The molecule has 2 aliphatic rings. The molecule has 0 unspecified atom stereocenters. The van der Waals surface area contributed by atoms with Crippen LogP contribution in [-0.2, 0) is 10.2 Å². The maximum Gasteiger partial charge on any atom is 0.244 e. The fourth-order valence-corrected chi connectivity index (χ4v) is 2.76. The number of carbonyl (C=O) groups excluding carboxylic acids is 1. The smallest absolute Gasteiger partial charge is 0.244 e. The van der Waals surface area contributed by atoms with Gasteiger partial charge >= 0.3 is 0 Å². The Morgan fingerprint density at radius 3 is 2.44 bits per heavy atom. The van der Waals surface area contributed by atoms with Gasteiger partial charge in [-0.1, -0.05) is 42.5 Å². The minimum absolute atomic E-state index is 0.0209. The normalized spacial score (nSPS) is 17.7. The van der Waals surface area contributed by atoms with Crippen molar-refractivity contribution in [2.24, 2.45) is 0 Å². The number of amides is 1. The first kappa shape index (κ1) is 9.59. The van der Waals surface area contributed by atoms with Gasteiger partial charge in [0.25, 0.3) is 0 Å². The molecule has 1 N–H and O–H groups in total. The summed E-state index contributed by atoms with van der Waals surface area (Å²) in [5.41, 5.74) is 0.263. The maximum atomic E-state index is 12.3. The average Bonchev–Trinajstić information content (AvgIpc) is 2.90. The molecule has 86 valence electrons. The predicted molar refractivity (Wildman–Crippen MR) is 69.2 cm³/mol. The van der Waals surface area contributed by atoms with Gasteiger partial charge in [-0.3, -0.25) is 4.79 Å². The van der Waals surface area contributed by atoms with Crippen molar-refractivity contribution in [2.75, 3.05) is 5.32 Å². The Balaban J connectivity index is 2.08. The van der Waals surface area contributed by atoms with Gasteiger partial charge < -0.3 is 5.32 Å². The molecule has 1 spiro atoms. The second kappa shape index (κ2) is 3.07. The van der Waals surface area contributed by atoms with Crippen LogP contribution < -0.4 is 15.8 Å². The number of hydrogen-bond donors (Lipinski definition) is 1. The summed E-state index contributed by atoms with van der Waals surface area (Å²) in [4.78, 5) is 16.5. The van der Waals surface area contributed by atoms with E-state index in [-0.39, 0.29) is 5.91 Å². The lowest BCUT2D eigenvalue weighted by molar-refractivity contribution is -0.117. The van der Waals surface area contributed by atoms with E-state index in [4.69, 9.17) is 0 Å². The van der Waals surface area contributed by atoms with E-state index >= 15 is 0 Å². The van der Waals surface area contributed by atoms with Gasteiger partial charge in [0.2, 0.25) is 5.91 Å². The molecule has 0 bridgehead atoms. The lowest BCUT2D eigenvalue weighted by atomic mass is 9.84. The molecule has 0 radical (unpaired) electrons. The lowest BCUT2D eigenvalue weighted by Crippen LogP contribution is -2.28. The Labute approximate surface area is 103 Å². The fourth-order valence-electron chi connectivity index (χ4n) is 2.76. The molecule has 0 saturated heterocycles. The van der Waals surface area contributed by atoms with Crippen molar-refractivity contribution < 1.29 is 4.79 Å². The summed E-state index contributed by atoms with van der Waals surface area (Å²) >= 11 is 0. The van der Waals surface area contributed by atoms with Crippen LogP contribution in [-0.4, -0.2) is 10.9 Å². The quantitative estimate of drug-likeness (QED) is 0.723. The fraction of sp³-hybridized carbons (Fsp3) is 0.0667. The summed E-state index contributed by atoms with van der Waals surface area (Å²) in [5, 5.41) is 5.05. The van der Waals surface area contributed by atoms with Gasteiger partial charge in [-0.25, -0.2) is 4.98 Å². The summed E-state index contributed by atoms with van der Waals surface area (Å²) in [6.07, 6.45) is 5.73. The van der Waals surface area contributed by atoms with Crippen molar-refractivity contribution >= 4 is 23.9 Å². The molecule has 2 heterocycles. The average molecular weight is 234 g/mol. The van der Waals surface area contributed by atoms with Crippen LogP contribution in [0.3, 0.4) is 0 Å². The second-order valence-corrected chi connectivity index (χ2v) is 4.64. The highest BCUT2D eigenvalue weighted by atomic mass is 16.2. The second-order valence-electron chi connectivity index (χ2n) is 4.64. The number of nitrogens with one attached hydrogen (secondary N) is 1. The summed E-state index contributed by atoms with van der Waals surface area (Å²) in [5.74, 6) is 0.648. The number of benzene rings is 1. The molecular formula is C15H10N2O. The zero-order chi connectivity index (χ0) is 12.2. The van der Waals surface area contributed by atoms with E-state index in [1.807, 2.05) is 48.6 Å². The maximum absolute atomic E-state index is 12.3. The first-order valence-electron chi connectivity index (χ1n) is 5.87. The molecule has 1 aliphatic carbocycles. The number of fused-ring (bicyclic) bond motifs is 3. The molecule has 1 aromatic heterocycles. The topological polar surface area (TPSA) is 42.0 Å². The first-order chi connectivity index (χ1) is 8.79. The Hall–Kier alpha value is -2.42. The number of nitrogens with zero attached hydrogens (tertiary/aromatic N) is 1. The van der Waals surface area contributed by atoms with E-state index in [1.54, 1.807) is 6.20 Å². The highest BCUT2D eigenvalue weighted by molar-refractivity contribution is 6.15. The van der Waals surface area contributed by atoms with Crippen LogP contribution in [0.25, 0.3) is 12.2 Å². The number of anilines is 1. The minimum Gasteiger partial charge on any atom is -0.309 e. The van der Waals surface area contributed by atoms with Gasteiger partial charge in [0.15, 0.2) is 0 Å². The van der Waals surface area contributed by atoms with Gasteiger partial charge in [0.1, 0.15) is 11.2 Å². The third kappa shape index (κ3) is 1.03. The van der Waals surface area contributed by atoms with Gasteiger partial charge in [-0.2, -0.15) is 0 Å². The molecule has 3 nitrogen and oxygen atoms in total. The van der Waals surface area contributed by atoms with Crippen LogP contribution in [0.1, 0.15) is 5.56 Å². The Kier molecular flexibility index (Phi) is 1.64. The predicted octanol–water partition coefficient (Wildman–Crippen LogP) is 0.546. The Bertz CT molecular complexity index is 757. The molecule has 0 atom stereocenters. The van der Waals surface area contributed by atoms with Crippen LogP contribution in [0, 0.1) is 0 Å². The highest BCUT2D eigenvalue weighted by Gasteiger charge is 2.45. The lowest BCUT2D eigenvalue weighted by Gasteiger charge is -2.15. The molecule has 3 heteroatoms. The van der Waals surface area contributed by atoms with Crippen LogP contribution in [0.2, 0.25) is 0 Å². The molecule has 1 amide bonds. The first-order valence-corrected chi connectivity index (χ1v) is 5.87. The molecule has 2 aromatic rings. The van der Waals surface area contributed by atoms with Gasteiger partial charge in [-0.15, -0.1) is 0 Å². The van der Waals surface area contributed by atoms with Crippen molar-refractivity contribution in [1.29, 1.82) is 0 Å². The molecule has 1 aliphatic heterocycles. The molecule has 0 saturated carbocycles. The SMILES string of the molecule is O=C1Nc2ncccc2C12C=c1ccccc1=C2. The number of rotatable bonds is 0. The van der Waals surface area contributed by atoms with E-state index in [2.05, 4.69) is 10.3 Å².